The maximum atomic E-state index is 12.4. The van der Waals surface area contributed by atoms with Crippen LogP contribution in [-0.4, -0.2) is 29.4 Å². The van der Waals surface area contributed by atoms with E-state index >= 15 is 0 Å². The molecule has 20 heavy (non-hydrogen) atoms. The molecule has 1 unspecified atom stereocenters. The minimum Gasteiger partial charge on any atom is -0.397 e. The quantitative estimate of drug-likeness (QED) is 0.785. The van der Waals surface area contributed by atoms with Crippen molar-refractivity contribution in [2.75, 3.05) is 17.6 Å². The number of nitrogens with zero attached hydrogens (tertiary/aromatic N) is 1. The van der Waals surface area contributed by atoms with Crippen molar-refractivity contribution < 1.29 is 4.79 Å². The van der Waals surface area contributed by atoms with E-state index in [1.807, 2.05) is 25.1 Å². The predicted molar refractivity (Wildman–Crippen MR) is 83.5 cm³/mol. The molecule has 0 bridgehead atoms. The second-order valence-electron chi connectivity index (χ2n) is 5.99. The SMILES string of the molecule is CC(C)N(CC1CC1)C(C)C(=O)Nc1ccccc1N. The highest BCUT2D eigenvalue weighted by Crippen LogP contribution is 2.31. The maximum absolute atomic E-state index is 12.4. The van der Waals surface area contributed by atoms with E-state index in [0.29, 0.717) is 17.4 Å². The smallest absolute Gasteiger partial charge is 0.241 e. The molecule has 1 aromatic rings. The molecule has 0 saturated heterocycles. The number of nitrogens with two attached hydrogens (primary N) is 1. The molecule has 0 heterocycles. The average molecular weight is 275 g/mol. The van der Waals surface area contributed by atoms with E-state index in [1.54, 1.807) is 6.07 Å². The van der Waals surface area contributed by atoms with E-state index in [0.717, 1.165) is 12.5 Å². The van der Waals surface area contributed by atoms with Crippen molar-refractivity contribution in [3.63, 3.8) is 0 Å². The zero-order valence-electron chi connectivity index (χ0n) is 12.6. The van der Waals surface area contributed by atoms with E-state index in [9.17, 15) is 4.79 Å². The molecule has 0 aliphatic heterocycles. The monoisotopic (exact) mass is 275 g/mol. The molecule has 0 spiro atoms. The van der Waals surface area contributed by atoms with Gasteiger partial charge in [0.25, 0.3) is 0 Å². The van der Waals surface area contributed by atoms with Crippen LogP contribution < -0.4 is 11.1 Å². The van der Waals surface area contributed by atoms with Crippen LogP contribution >= 0.6 is 0 Å². The van der Waals surface area contributed by atoms with Crippen LogP contribution in [0.3, 0.4) is 0 Å². The van der Waals surface area contributed by atoms with Crippen LogP contribution in [0.25, 0.3) is 0 Å². The van der Waals surface area contributed by atoms with Crippen LogP contribution in [0.5, 0.6) is 0 Å². The molecule has 2 rings (SSSR count). The fraction of sp³-hybridized carbons (Fsp3) is 0.562. The molecule has 0 radical (unpaired) electrons. The van der Waals surface area contributed by atoms with Crippen molar-refractivity contribution in [1.29, 1.82) is 0 Å². The first kappa shape index (κ1) is 14.9. The van der Waals surface area contributed by atoms with Crippen molar-refractivity contribution in [3.8, 4) is 0 Å². The Morgan fingerprint density at radius 2 is 2.00 bits per heavy atom. The molecule has 1 amide bonds. The second-order valence-corrected chi connectivity index (χ2v) is 5.99. The molecule has 4 heteroatoms. The van der Waals surface area contributed by atoms with Gasteiger partial charge in [0.05, 0.1) is 17.4 Å². The Balaban J connectivity index is 2.00. The minimum absolute atomic E-state index is 0.0113. The third-order valence-corrected chi connectivity index (χ3v) is 3.92. The topological polar surface area (TPSA) is 58.4 Å². The normalized spacial score (nSPS) is 16.4. The lowest BCUT2D eigenvalue weighted by Crippen LogP contribution is -2.46. The molecule has 0 aromatic heterocycles. The van der Waals surface area contributed by atoms with Crippen LogP contribution in [0.4, 0.5) is 11.4 Å². The highest BCUT2D eigenvalue weighted by Gasteiger charge is 2.30. The number of carbonyl (C=O) groups is 1. The Kier molecular flexibility index (Phi) is 4.65. The summed E-state index contributed by atoms with van der Waals surface area (Å²) in [7, 11) is 0. The highest BCUT2D eigenvalue weighted by molar-refractivity contribution is 5.97. The summed E-state index contributed by atoms with van der Waals surface area (Å²) in [6, 6.07) is 7.59. The highest BCUT2D eigenvalue weighted by atomic mass is 16.2. The second kappa shape index (κ2) is 6.27. The van der Waals surface area contributed by atoms with Crippen LogP contribution in [-0.2, 0) is 4.79 Å². The van der Waals surface area contributed by atoms with Crippen LogP contribution in [0.15, 0.2) is 24.3 Å². The Bertz CT molecular complexity index is 469. The van der Waals surface area contributed by atoms with Gasteiger partial charge in [-0.2, -0.15) is 0 Å². The van der Waals surface area contributed by atoms with Crippen molar-refractivity contribution in [1.82, 2.24) is 4.90 Å². The molecule has 1 saturated carbocycles. The summed E-state index contributed by atoms with van der Waals surface area (Å²) in [5.41, 5.74) is 7.16. The van der Waals surface area contributed by atoms with Gasteiger partial charge in [0, 0.05) is 12.6 Å². The maximum Gasteiger partial charge on any atom is 0.241 e. The first-order valence-electron chi connectivity index (χ1n) is 7.40. The van der Waals surface area contributed by atoms with E-state index in [4.69, 9.17) is 5.73 Å². The summed E-state index contributed by atoms with van der Waals surface area (Å²) in [6.45, 7) is 7.26. The Morgan fingerprint density at radius 3 is 2.55 bits per heavy atom. The number of nitrogens with one attached hydrogen (secondary N) is 1. The first-order valence-corrected chi connectivity index (χ1v) is 7.40. The number of benzene rings is 1. The van der Waals surface area contributed by atoms with Crippen LogP contribution in [0, 0.1) is 5.92 Å². The molecule has 1 aromatic carbocycles. The van der Waals surface area contributed by atoms with Gasteiger partial charge < -0.3 is 11.1 Å². The van der Waals surface area contributed by atoms with Gasteiger partial charge in [-0.3, -0.25) is 9.69 Å². The summed E-state index contributed by atoms with van der Waals surface area (Å²) >= 11 is 0. The molecule has 110 valence electrons. The van der Waals surface area contributed by atoms with Gasteiger partial charge >= 0.3 is 0 Å². The van der Waals surface area contributed by atoms with Gasteiger partial charge in [0.15, 0.2) is 0 Å². The molecule has 3 N–H and O–H groups in total. The molecule has 1 atom stereocenters. The molecule has 4 nitrogen and oxygen atoms in total. The van der Waals surface area contributed by atoms with Gasteiger partial charge in [0.2, 0.25) is 5.91 Å². The van der Waals surface area contributed by atoms with Crippen molar-refractivity contribution in [2.45, 2.75) is 45.7 Å². The molecule has 1 aliphatic carbocycles. The lowest BCUT2D eigenvalue weighted by atomic mass is 10.1. The lowest BCUT2D eigenvalue weighted by molar-refractivity contribution is -0.121. The number of hydrogen-bond acceptors (Lipinski definition) is 3. The standard InChI is InChI=1S/C16H25N3O/c1-11(2)19(10-13-8-9-13)12(3)16(20)18-15-7-5-4-6-14(15)17/h4-7,11-13H,8-10,17H2,1-3H3,(H,18,20). The number of amides is 1. The minimum atomic E-state index is -0.143. The Labute approximate surface area is 121 Å². The largest absolute Gasteiger partial charge is 0.397 e. The number of anilines is 2. The molecular weight excluding hydrogens is 250 g/mol. The van der Waals surface area contributed by atoms with Crippen molar-refractivity contribution in [3.05, 3.63) is 24.3 Å². The first-order chi connectivity index (χ1) is 9.49. The fourth-order valence-corrected chi connectivity index (χ4v) is 2.41. The van der Waals surface area contributed by atoms with Gasteiger partial charge in [0.1, 0.15) is 0 Å². The summed E-state index contributed by atoms with van der Waals surface area (Å²) < 4.78 is 0. The van der Waals surface area contributed by atoms with Crippen molar-refractivity contribution in [2.24, 2.45) is 5.92 Å². The van der Waals surface area contributed by atoms with Crippen molar-refractivity contribution >= 4 is 17.3 Å². The fourth-order valence-electron chi connectivity index (χ4n) is 2.41. The summed E-state index contributed by atoms with van der Waals surface area (Å²) in [6.07, 6.45) is 2.59. The number of hydrogen-bond donors (Lipinski definition) is 2. The van der Waals surface area contributed by atoms with Gasteiger partial charge in [-0.05, 0) is 51.7 Å². The summed E-state index contributed by atoms with van der Waals surface area (Å²) in [4.78, 5) is 14.7. The van der Waals surface area contributed by atoms with Gasteiger partial charge in [-0.25, -0.2) is 0 Å². The number of rotatable bonds is 6. The van der Waals surface area contributed by atoms with E-state index in [-0.39, 0.29) is 11.9 Å². The number of carbonyl (C=O) groups excluding carboxylic acids is 1. The predicted octanol–water partition coefficient (Wildman–Crippen LogP) is 2.72. The van der Waals surface area contributed by atoms with Gasteiger partial charge in [-0.1, -0.05) is 12.1 Å². The van der Waals surface area contributed by atoms with E-state index in [1.165, 1.54) is 12.8 Å². The molecule has 1 fully saturated rings. The van der Waals surface area contributed by atoms with Gasteiger partial charge in [-0.15, -0.1) is 0 Å². The Morgan fingerprint density at radius 1 is 1.35 bits per heavy atom. The average Bonchev–Trinajstić information content (AvgIpc) is 3.21. The Hall–Kier alpha value is -1.55. The van der Waals surface area contributed by atoms with E-state index in [2.05, 4.69) is 24.1 Å². The summed E-state index contributed by atoms with van der Waals surface area (Å²) in [5.74, 6) is 0.784. The zero-order valence-corrected chi connectivity index (χ0v) is 12.6. The lowest BCUT2D eigenvalue weighted by Gasteiger charge is -2.32. The molecule has 1 aliphatic rings. The van der Waals surface area contributed by atoms with Crippen LogP contribution in [0.2, 0.25) is 0 Å². The molecular formula is C16H25N3O. The third-order valence-electron chi connectivity index (χ3n) is 3.92. The third kappa shape index (κ3) is 3.73. The zero-order chi connectivity index (χ0) is 14.7. The van der Waals surface area contributed by atoms with Crippen LogP contribution in [0.1, 0.15) is 33.6 Å². The number of nitrogen functional groups attached to an aromatic ring is 1. The van der Waals surface area contributed by atoms with E-state index < -0.39 is 0 Å². The summed E-state index contributed by atoms with van der Waals surface area (Å²) in [5, 5.41) is 2.93. The number of para-hydroxylation sites is 2.